The molecule has 0 saturated carbocycles. The summed E-state index contributed by atoms with van der Waals surface area (Å²) < 4.78 is 16.0. The summed E-state index contributed by atoms with van der Waals surface area (Å²) in [7, 11) is 1.81. The van der Waals surface area contributed by atoms with Crippen LogP contribution in [0.25, 0.3) is 0 Å². The number of fused-ring (bicyclic) bond motifs is 2. The molecule has 2 N–H and O–H groups in total. The van der Waals surface area contributed by atoms with E-state index in [9.17, 15) is 9.18 Å². The van der Waals surface area contributed by atoms with Crippen molar-refractivity contribution in [3.05, 3.63) is 70.1 Å². The Morgan fingerprint density at radius 1 is 1.32 bits per heavy atom. The summed E-state index contributed by atoms with van der Waals surface area (Å²) in [6.45, 7) is 0.451. The third kappa shape index (κ3) is 3.32. The van der Waals surface area contributed by atoms with Crippen LogP contribution in [0.15, 0.2) is 42.6 Å². The number of nitrogens with zero attached hydrogens (tertiary/aromatic N) is 3. The first-order valence-electron chi connectivity index (χ1n) is 8.49. The first-order chi connectivity index (χ1) is 13.5. The summed E-state index contributed by atoms with van der Waals surface area (Å²) in [6.07, 6.45) is 1.70. The molecule has 0 bridgehead atoms. The Morgan fingerprint density at radius 3 is 2.89 bits per heavy atom. The van der Waals surface area contributed by atoms with E-state index >= 15 is 0 Å². The van der Waals surface area contributed by atoms with Crippen molar-refractivity contribution >= 4 is 46.5 Å². The molecule has 2 aromatic carbocycles. The minimum Gasteiger partial charge on any atom is -0.338 e. The van der Waals surface area contributed by atoms with Gasteiger partial charge in [0.15, 0.2) is 0 Å². The number of benzene rings is 2. The van der Waals surface area contributed by atoms with E-state index in [0.29, 0.717) is 22.0 Å². The van der Waals surface area contributed by atoms with Gasteiger partial charge in [0.25, 0.3) is 5.91 Å². The Hall–Kier alpha value is -2.61. The van der Waals surface area contributed by atoms with E-state index < -0.39 is 5.82 Å². The van der Waals surface area contributed by atoms with Crippen LogP contribution in [0.3, 0.4) is 0 Å². The number of aromatic nitrogens is 2. The number of hydrogen-bond acceptors (Lipinski definition) is 4. The van der Waals surface area contributed by atoms with Crippen molar-refractivity contribution < 1.29 is 9.18 Å². The highest BCUT2D eigenvalue weighted by atomic mass is 35.5. The number of halogens is 3. The first-order valence-corrected chi connectivity index (χ1v) is 9.24. The predicted molar refractivity (Wildman–Crippen MR) is 108 cm³/mol. The number of rotatable bonds is 3. The van der Waals surface area contributed by atoms with Gasteiger partial charge in [-0.2, -0.15) is 5.10 Å². The van der Waals surface area contributed by atoms with Crippen molar-refractivity contribution in [3.63, 3.8) is 0 Å². The van der Waals surface area contributed by atoms with Crippen molar-refractivity contribution in [3.8, 4) is 0 Å². The Morgan fingerprint density at radius 2 is 2.14 bits per heavy atom. The third-order valence-electron chi connectivity index (χ3n) is 4.65. The molecular formula is C19H16Cl2FN5O. The molecule has 9 heteroatoms. The van der Waals surface area contributed by atoms with Crippen molar-refractivity contribution in [2.45, 2.75) is 13.1 Å². The molecule has 1 aromatic heterocycles. The van der Waals surface area contributed by atoms with Gasteiger partial charge in [0.05, 0.1) is 24.1 Å². The molecule has 0 aliphatic carbocycles. The van der Waals surface area contributed by atoms with Gasteiger partial charge in [0.2, 0.25) is 0 Å². The van der Waals surface area contributed by atoms with E-state index in [2.05, 4.69) is 15.3 Å². The Labute approximate surface area is 171 Å². The number of anilines is 3. The highest BCUT2D eigenvalue weighted by Crippen LogP contribution is 2.37. The van der Waals surface area contributed by atoms with Crippen LogP contribution in [-0.2, 0) is 20.1 Å². The molecule has 0 radical (unpaired) electrons. The van der Waals surface area contributed by atoms with Gasteiger partial charge in [0, 0.05) is 35.3 Å². The van der Waals surface area contributed by atoms with Crippen molar-refractivity contribution in [1.82, 2.24) is 14.6 Å². The van der Waals surface area contributed by atoms with Crippen LogP contribution in [-0.4, -0.2) is 15.7 Å². The summed E-state index contributed by atoms with van der Waals surface area (Å²) in [4.78, 5) is 17.2. The lowest BCUT2D eigenvalue weighted by Gasteiger charge is -2.23. The zero-order valence-electron chi connectivity index (χ0n) is 14.8. The maximum Gasteiger partial charge on any atom is 0.258 e. The van der Waals surface area contributed by atoms with Gasteiger partial charge in [-0.25, -0.2) is 9.23 Å². The standard InChI is InChI=1S/C19H16Cl2FN5O/c1-26-18-13(9-24-26)10-27(17-5-4-14(20)7-16(17)25-18)19(28)11-2-3-12(8-23-21)15(22)6-11/h2-7,9,23,25H,8,10H2,1H3. The molecular weight excluding hydrogens is 404 g/mol. The largest absolute Gasteiger partial charge is 0.338 e. The fraction of sp³-hybridized carbons (Fsp3) is 0.158. The Bertz CT molecular complexity index is 1070. The van der Waals surface area contributed by atoms with Gasteiger partial charge >= 0.3 is 0 Å². The number of hydrogen-bond donors (Lipinski definition) is 2. The van der Waals surface area contributed by atoms with Gasteiger partial charge in [-0.15, -0.1) is 0 Å². The highest BCUT2D eigenvalue weighted by molar-refractivity contribution is 6.31. The van der Waals surface area contributed by atoms with Crippen LogP contribution in [0.5, 0.6) is 0 Å². The number of amides is 1. The van der Waals surface area contributed by atoms with E-state index in [1.807, 2.05) is 7.05 Å². The molecule has 144 valence electrons. The van der Waals surface area contributed by atoms with Crippen LogP contribution in [0, 0.1) is 5.82 Å². The molecule has 28 heavy (non-hydrogen) atoms. The Kier molecular flexibility index (Phi) is 4.97. The van der Waals surface area contributed by atoms with E-state index in [0.717, 1.165) is 11.4 Å². The van der Waals surface area contributed by atoms with Gasteiger partial charge in [-0.05, 0) is 42.1 Å². The normalized spacial score (nSPS) is 12.8. The van der Waals surface area contributed by atoms with E-state index in [1.165, 1.54) is 6.07 Å². The molecule has 1 aliphatic rings. The van der Waals surface area contributed by atoms with Gasteiger partial charge in [-0.3, -0.25) is 9.48 Å². The average molecular weight is 420 g/mol. The van der Waals surface area contributed by atoms with E-state index in [-0.39, 0.29) is 24.6 Å². The second-order valence-corrected chi connectivity index (χ2v) is 7.14. The number of carbonyl (C=O) groups is 1. The van der Waals surface area contributed by atoms with E-state index in [4.69, 9.17) is 23.4 Å². The molecule has 2 heterocycles. The summed E-state index contributed by atoms with van der Waals surface area (Å²) >= 11 is 11.6. The zero-order chi connectivity index (χ0) is 19.8. The van der Waals surface area contributed by atoms with Crippen LogP contribution >= 0.6 is 23.4 Å². The quantitative estimate of drug-likeness (QED) is 0.619. The lowest BCUT2D eigenvalue weighted by molar-refractivity contribution is 0.0985. The van der Waals surface area contributed by atoms with Gasteiger partial charge in [0.1, 0.15) is 11.6 Å². The van der Waals surface area contributed by atoms with Crippen molar-refractivity contribution in [2.24, 2.45) is 7.05 Å². The molecule has 1 aliphatic heterocycles. The second kappa shape index (κ2) is 7.43. The molecule has 3 aromatic rings. The molecule has 0 spiro atoms. The fourth-order valence-electron chi connectivity index (χ4n) is 3.22. The summed E-state index contributed by atoms with van der Waals surface area (Å²) in [5, 5.41) is 8.08. The first kappa shape index (κ1) is 18.7. The Balaban J connectivity index is 1.78. The number of carbonyl (C=O) groups excluding carboxylic acids is 1. The van der Waals surface area contributed by atoms with Crippen LogP contribution in [0.4, 0.5) is 21.6 Å². The minimum absolute atomic E-state index is 0.163. The second-order valence-electron chi connectivity index (χ2n) is 6.44. The fourth-order valence-corrected chi connectivity index (χ4v) is 3.54. The van der Waals surface area contributed by atoms with Gasteiger partial charge < -0.3 is 10.2 Å². The molecule has 0 unspecified atom stereocenters. The number of aryl methyl sites for hydroxylation is 1. The average Bonchev–Trinajstić information content (AvgIpc) is 2.92. The van der Waals surface area contributed by atoms with Crippen molar-refractivity contribution in [2.75, 3.05) is 10.2 Å². The predicted octanol–water partition coefficient (Wildman–Crippen LogP) is 4.36. The molecule has 1 amide bonds. The molecule has 0 atom stereocenters. The summed E-state index contributed by atoms with van der Waals surface area (Å²) in [5.41, 5.74) is 2.78. The summed E-state index contributed by atoms with van der Waals surface area (Å²) in [6, 6.07) is 9.59. The molecule has 0 saturated heterocycles. The van der Waals surface area contributed by atoms with Crippen LogP contribution in [0.2, 0.25) is 5.02 Å². The lowest BCUT2D eigenvalue weighted by Crippen LogP contribution is -2.30. The smallest absolute Gasteiger partial charge is 0.258 e. The molecule has 4 rings (SSSR count). The molecule has 6 nitrogen and oxygen atoms in total. The topological polar surface area (TPSA) is 62.2 Å². The van der Waals surface area contributed by atoms with Crippen LogP contribution in [0.1, 0.15) is 21.5 Å². The number of nitrogens with one attached hydrogen (secondary N) is 2. The summed E-state index contributed by atoms with van der Waals surface area (Å²) in [5.74, 6) is -0.0507. The third-order valence-corrected chi connectivity index (χ3v) is 5.02. The lowest BCUT2D eigenvalue weighted by atomic mass is 10.1. The van der Waals surface area contributed by atoms with Crippen molar-refractivity contribution in [1.29, 1.82) is 0 Å². The highest BCUT2D eigenvalue weighted by Gasteiger charge is 2.27. The van der Waals surface area contributed by atoms with E-state index in [1.54, 1.807) is 46.1 Å². The van der Waals surface area contributed by atoms with Gasteiger partial charge in [-0.1, -0.05) is 17.7 Å². The zero-order valence-corrected chi connectivity index (χ0v) is 16.4. The SMILES string of the molecule is Cn1ncc2c1Nc1cc(Cl)ccc1N(C(=O)c1ccc(CNCl)c(F)c1)C2. The monoisotopic (exact) mass is 419 g/mol. The minimum atomic E-state index is -0.495. The maximum absolute atomic E-state index is 14.3. The maximum atomic E-state index is 14.3. The molecule has 0 fully saturated rings. The van der Waals surface area contributed by atoms with Crippen LogP contribution < -0.4 is 15.1 Å².